The lowest BCUT2D eigenvalue weighted by atomic mass is 10.1. The van der Waals surface area contributed by atoms with Crippen LogP contribution in [-0.4, -0.2) is 32.7 Å². The molecular weight excluding hydrogens is 284 g/mol. The minimum absolute atomic E-state index is 0.00282. The summed E-state index contributed by atoms with van der Waals surface area (Å²) in [4.78, 5) is 26.0. The van der Waals surface area contributed by atoms with Crippen molar-refractivity contribution in [3.8, 4) is 0 Å². The summed E-state index contributed by atoms with van der Waals surface area (Å²) in [6, 6.07) is 2.02. The number of aryl methyl sites for hydroxylation is 1. The normalized spacial score (nSPS) is 15.0. The smallest absolute Gasteiger partial charge is 0.256 e. The number of H-pyrrole nitrogens is 1. The Morgan fingerprint density at radius 2 is 2.33 bits per heavy atom. The first-order chi connectivity index (χ1) is 10.2. The summed E-state index contributed by atoms with van der Waals surface area (Å²) in [5, 5.41) is 0.704. The van der Waals surface area contributed by atoms with Crippen molar-refractivity contribution in [1.29, 1.82) is 0 Å². The first kappa shape index (κ1) is 14.3. The van der Waals surface area contributed by atoms with Gasteiger partial charge in [0.05, 0.1) is 11.3 Å². The zero-order valence-electron chi connectivity index (χ0n) is 12.2. The molecule has 0 saturated carbocycles. The quantitative estimate of drug-likeness (QED) is 0.691. The Hall–Kier alpha value is -1.66. The van der Waals surface area contributed by atoms with Crippen LogP contribution < -0.4 is 5.56 Å². The standard InChI is InChI=1S/C15H18N4OS/c1-10-3-5-16-7-11(10)8-19-6-4-13-12(9-19)14(20)18-15(17-13)21-2/h3,5,7H,4,6,8-9H2,1-2H3,(H,17,18,20). The molecule has 0 atom stereocenters. The van der Waals surface area contributed by atoms with Crippen molar-refractivity contribution < 1.29 is 0 Å². The molecule has 0 fully saturated rings. The number of hydrogen-bond donors (Lipinski definition) is 1. The molecule has 0 saturated heterocycles. The summed E-state index contributed by atoms with van der Waals surface area (Å²) in [5.74, 6) is 0. The van der Waals surface area contributed by atoms with Crippen molar-refractivity contribution in [2.75, 3.05) is 12.8 Å². The number of aromatic nitrogens is 3. The Bertz CT molecular complexity index is 713. The highest BCUT2D eigenvalue weighted by Crippen LogP contribution is 2.19. The molecule has 110 valence electrons. The second kappa shape index (κ2) is 5.99. The van der Waals surface area contributed by atoms with Crippen molar-refractivity contribution in [2.24, 2.45) is 0 Å². The van der Waals surface area contributed by atoms with Crippen molar-refractivity contribution in [1.82, 2.24) is 19.9 Å². The fraction of sp³-hybridized carbons (Fsp3) is 0.400. The monoisotopic (exact) mass is 302 g/mol. The molecular formula is C15H18N4OS. The van der Waals surface area contributed by atoms with Gasteiger partial charge in [-0.25, -0.2) is 4.98 Å². The Kier molecular flexibility index (Phi) is 4.07. The second-order valence-electron chi connectivity index (χ2n) is 5.26. The Labute approximate surface area is 127 Å². The van der Waals surface area contributed by atoms with Gasteiger partial charge in [0.25, 0.3) is 5.56 Å². The average molecular weight is 302 g/mol. The highest BCUT2D eigenvalue weighted by Gasteiger charge is 2.21. The summed E-state index contributed by atoms with van der Waals surface area (Å²) in [6.45, 7) is 4.49. The molecule has 0 amide bonds. The summed E-state index contributed by atoms with van der Waals surface area (Å²) >= 11 is 1.47. The molecule has 6 heteroatoms. The molecule has 0 radical (unpaired) electrons. The van der Waals surface area contributed by atoms with E-state index in [1.807, 2.05) is 24.7 Å². The van der Waals surface area contributed by atoms with Gasteiger partial charge in [-0.05, 0) is 30.4 Å². The van der Waals surface area contributed by atoms with E-state index in [1.54, 1.807) is 0 Å². The lowest BCUT2D eigenvalue weighted by molar-refractivity contribution is 0.240. The van der Waals surface area contributed by atoms with Crippen LogP contribution in [-0.2, 0) is 19.5 Å². The number of pyridine rings is 1. The Balaban J connectivity index is 1.82. The number of hydrogen-bond acceptors (Lipinski definition) is 5. The van der Waals surface area contributed by atoms with Gasteiger partial charge in [-0.15, -0.1) is 0 Å². The van der Waals surface area contributed by atoms with E-state index in [1.165, 1.54) is 22.9 Å². The first-order valence-corrected chi connectivity index (χ1v) is 8.17. The first-order valence-electron chi connectivity index (χ1n) is 6.95. The molecule has 1 aliphatic heterocycles. The second-order valence-corrected chi connectivity index (χ2v) is 6.06. The zero-order valence-corrected chi connectivity index (χ0v) is 13.0. The predicted molar refractivity (Wildman–Crippen MR) is 83.4 cm³/mol. The molecule has 3 heterocycles. The van der Waals surface area contributed by atoms with E-state index in [-0.39, 0.29) is 5.56 Å². The van der Waals surface area contributed by atoms with Crippen LogP contribution in [0.1, 0.15) is 22.4 Å². The van der Waals surface area contributed by atoms with Gasteiger partial charge in [0, 0.05) is 38.4 Å². The fourth-order valence-electron chi connectivity index (χ4n) is 2.59. The van der Waals surface area contributed by atoms with Gasteiger partial charge in [-0.2, -0.15) is 0 Å². The fourth-order valence-corrected chi connectivity index (χ4v) is 2.99. The van der Waals surface area contributed by atoms with Crippen LogP contribution in [0.4, 0.5) is 0 Å². The molecule has 0 spiro atoms. The van der Waals surface area contributed by atoms with E-state index < -0.39 is 0 Å². The summed E-state index contributed by atoms with van der Waals surface area (Å²) in [5.41, 5.74) is 4.20. The highest BCUT2D eigenvalue weighted by atomic mass is 32.2. The van der Waals surface area contributed by atoms with E-state index in [2.05, 4.69) is 26.8 Å². The maximum Gasteiger partial charge on any atom is 0.256 e. The number of nitrogens with one attached hydrogen (secondary N) is 1. The molecule has 1 N–H and O–H groups in total. The van der Waals surface area contributed by atoms with Crippen molar-refractivity contribution in [2.45, 2.75) is 31.6 Å². The summed E-state index contributed by atoms with van der Waals surface area (Å²) in [7, 11) is 0. The van der Waals surface area contributed by atoms with Gasteiger partial charge in [-0.3, -0.25) is 14.7 Å². The SMILES string of the molecule is CSc1nc2c(c(=O)[nH]1)CN(Cc1cnccc1C)CC2. The summed E-state index contributed by atoms with van der Waals surface area (Å²) < 4.78 is 0. The summed E-state index contributed by atoms with van der Waals surface area (Å²) in [6.07, 6.45) is 6.46. The van der Waals surface area contributed by atoms with Crippen LogP contribution in [0.5, 0.6) is 0 Å². The minimum atomic E-state index is -0.00282. The van der Waals surface area contributed by atoms with Gasteiger partial charge in [0.1, 0.15) is 0 Å². The number of fused-ring (bicyclic) bond motifs is 1. The topological polar surface area (TPSA) is 61.9 Å². The highest BCUT2D eigenvalue weighted by molar-refractivity contribution is 7.98. The predicted octanol–water partition coefficient (Wildman–Crippen LogP) is 1.75. The molecule has 21 heavy (non-hydrogen) atoms. The molecule has 0 aromatic carbocycles. The van der Waals surface area contributed by atoms with Crippen molar-refractivity contribution in [3.63, 3.8) is 0 Å². The molecule has 0 aliphatic carbocycles. The maximum atomic E-state index is 12.2. The number of thioether (sulfide) groups is 1. The minimum Gasteiger partial charge on any atom is -0.301 e. The Morgan fingerprint density at radius 1 is 1.48 bits per heavy atom. The molecule has 5 nitrogen and oxygen atoms in total. The molecule has 3 rings (SSSR count). The molecule has 2 aromatic rings. The van der Waals surface area contributed by atoms with E-state index in [9.17, 15) is 4.79 Å². The van der Waals surface area contributed by atoms with E-state index in [0.29, 0.717) is 11.7 Å². The van der Waals surface area contributed by atoms with Gasteiger partial charge in [0.2, 0.25) is 0 Å². The van der Waals surface area contributed by atoms with Crippen LogP contribution in [0.2, 0.25) is 0 Å². The van der Waals surface area contributed by atoms with Crippen LogP contribution >= 0.6 is 11.8 Å². The Morgan fingerprint density at radius 3 is 3.10 bits per heavy atom. The third-order valence-electron chi connectivity index (χ3n) is 3.86. The van der Waals surface area contributed by atoms with Crippen LogP contribution in [0, 0.1) is 6.92 Å². The molecule has 0 unspecified atom stereocenters. The third-order valence-corrected chi connectivity index (χ3v) is 4.44. The molecule has 1 aliphatic rings. The van der Waals surface area contributed by atoms with Crippen molar-refractivity contribution >= 4 is 11.8 Å². The van der Waals surface area contributed by atoms with E-state index in [4.69, 9.17) is 0 Å². The lowest BCUT2D eigenvalue weighted by Crippen LogP contribution is -2.35. The van der Waals surface area contributed by atoms with Gasteiger partial charge >= 0.3 is 0 Å². The molecule has 0 bridgehead atoms. The third kappa shape index (κ3) is 3.01. The van der Waals surface area contributed by atoms with Crippen LogP contribution in [0.15, 0.2) is 28.4 Å². The largest absolute Gasteiger partial charge is 0.301 e. The average Bonchev–Trinajstić information content (AvgIpc) is 2.50. The molecule has 2 aromatic heterocycles. The van der Waals surface area contributed by atoms with Crippen LogP contribution in [0.3, 0.4) is 0 Å². The van der Waals surface area contributed by atoms with E-state index in [0.717, 1.165) is 30.8 Å². The van der Waals surface area contributed by atoms with Gasteiger partial charge in [0.15, 0.2) is 5.16 Å². The number of nitrogens with zero attached hydrogens (tertiary/aromatic N) is 3. The van der Waals surface area contributed by atoms with Crippen molar-refractivity contribution in [3.05, 3.63) is 51.2 Å². The maximum absolute atomic E-state index is 12.2. The zero-order chi connectivity index (χ0) is 14.8. The van der Waals surface area contributed by atoms with Crippen LogP contribution in [0.25, 0.3) is 0 Å². The van der Waals surface area contributed by atoms with Gasteiger partial charge < -0.3 is 4.98 Å². The number of rotatable bonds is 3. The van der Waals surface area contributed by atoms with Gasteiger partial charge in [-0.1, -0.05) is 11.8 Å². The van der Waals surface area contributed by atoms with E-state index >= 15 is 0 Å². The lowest BCUT2D eigenvalue weighted by Gasteiger charge is -2.28. The number of aromatic amines is 1.